The summed E-state index contributed by atoms with van der Waals surface area (Å²) in [6, 6.07) is 7.95. The first kappa shape index (κ1) is 12.4. The van der Waals surface area contributed by atoms with Crippen molar-refractivity contribution in [3.63, 3.8) is 0 Å². The van der Waals surface area contributed by atoms with Gasteiger partial charge in [0.2, 0.25) is 0 Å². The number of anilines is 1. The zero-order valence-corrected chi connectivity index (χ0v) is 11.9. The summed E-state index contributed by atoms with van der Waals surface area (Å²) in [6.07, 6.45) is 3.73. The summed E-state index contributed by atoms with van der Waals surface area (Å²) in [5.74, 6) is 0. The molecule has 0 aliphatic heterocycles. The number of nitrogens with zero attached hydrogens (tertiary/aromatic N) is 3. The predicted octanol–water partition coefficient (Wildman–Crippen LogP) is 3.65. The third-order valence-electron chi connectivity index (χ3n) is 2.76. The van der Waals surface area contributed by atoms with E-state index in [4.69, 9.17) is 11.6 Å². The fourth-order valence-electron chi connectivity index (χ4n) is 1.92. The molecule has 0 fully saturated rings. The van der Waals surface area contributed by atoms with Gasteiger partial charge in [-0.2, -0.15) is 5.10 Å². The van der Waals surface area contributed by atoms with Crippen LogP contribution in [-0.2, 0) is 6.54 Å². The van der Waals surface area contributed by atoms with Crippen LogP contribution < -0.4 is 5.32 Å². The summed E-state index contributed by atoms with van der Waals surface area (Å²) in [7, 11) is 0. The van der Waals surface area contributed by atoms with Crippen LogP contribution in [0.15, 0.2) is 36.7 Å². The number of hydrogen-bond acceptors (Lipinski definition) is 4. The van der Waals surface area contributed by atoms with E-state index in [0.29, 0.717) is 0 Å². The highest BCUT2D eigenvalue weighted by Crippen LogP contribution is 2.31. The first-order chi connectivity index (χ1) is 9.22. The topological polar surface area (TPSA) is 42.7 Å². The first-order valence-electron chi connectivity index (χ1n) is 6.01. The third-order valence-corrected chi connectivity index (χ3v) is 4.22. The summed E-state index contributed by atoms with van der Waals surface area (Å²) in [5, 5.41) is 9.22. The summed E-state index contributed by atoms with van der Waals surface area (Å²) >= 11 is 7.73. The van der Waals surface area contributed by atoms with Crippen LogP contribution in [0.1, 0.15) is 6.92 Å². The van der Waals surface area contributed by atoms with E-state index in [-0.39, 0.29) is 6.04 Å². The molecule has 19 heavy (non-hydrogen) atoms. The molecule has 0 aliphatic rings. The third kappa shape index (κ3) is 2.72. The van der Waals surface area contributed by atoms with Crippen LogP contribution in [-0.4, -0.2) is 20.8 Å². The van der Waals surface area contributed by atoms with Gasteiger partial charge in [0.1, 0.15) is 0 Å². The fourth-order valence-corrected chi connectivity index (χ4v) is 3.19. The van der Waals surface area contributed by atoms with Crippen molar-refractivity contribution >= 4 is 38.3 Å². The van der Waals surface area contributed by atoms with Crippen molar-refractivity contribution in [1.29, 1.82) is 0 Å². The molecule has 0 bridgehead atoms. The van der Waals surface area contributed by atoms with E-state index in [0.717, 1.165) is 26.9 Å². The van der Waals surface area contributed by atoms with Gasteiger partial charge in [0, 0.05) is 18.4 Å². The Balaban J connectivity index is 1.76. The molecule has 0 amide bonds. The number of thiazole rings is 1. The van der Waals surface area contributed by atoms with Crippen molar-refractivity contribution in [2.45, 2.75) is 19.5 Å². The normalized spacial score (nSPS) is 12.7. The lowest BCUT2D eigenvalue weighted by molar-refractivity contribution is 0.561. The number of aromatic nitrogens is 3. The number of hydrogen-bond donors (Lipinski definition) is 1. The Hall–Kier alpha value is -1.59. The van der Waals surface area contributed by atoms with Crippen molar-refractivity contribution < 1.29 is 0 Å². The molecule has 0 saturated carbocycles. The van der Waals surface area contributed by atoms with E-state index in [2.05, 4.69) is 22.3 Å². The molecule has 0 aliphatic carbocycles. The van der Waals surface area contributed by atoms with E-state index in [1.54, 1.807) is 17.5 Å². The van der Waals surface area contributed by atoms with E-state index >= 15 is 0 Å². The molecule has 1 aromatic carbocycles. The maximum Gasteiger partial charge on any atom is 0.184 e. The Bertz CT molecular complexity index is 677. The zero-order chi connectivity index (χ0) is 13.2. The molecular weight excluding hydrogens is 280 g/mol. The number of benzene rings is 1. The maximum absolute atomic E-state index is 6.15. The molecule has 2 aromatic heterocycles. The Morgan fingerprint density at radius 3 is 3.05 bits per heavy atom. The summed E-state index contributed by atoms with van der Waals surface area (Å²) < 4.78 is 2.93. The predicted molar refractivity (Wildman–Crippen MR) is 79.9 cm³/mol. The number of rotatable bonds is 4. The average molecular weight is 293 g/mol. The second kappa shape index (κ2) is 5.19. The summed E-state index contributed by atoms with van der Waals surface area (Å²) in [6.45, 7) is 2.91. The Morgan fingerprint density at radius 1 is 1.42 bits per heavy atom. The highest BCUT2D eigenvalue weighted by atomic mass is 35.5. The number of nitrogens with one attached hydrogen (secondary N) is 1. The minimum atomic E-state index is 0.249. The van der Waals surface area contributed by atoms with Gasteiger partial charge in [-0.3, -0.25) is 4.68 Å². The fraction of sp³-hybridized carbons (Fsp3) is 0.231. The van der Waals surface area contributed by atoms with Gasteiger partial charge in [-0.15, -0.1) is 0 Å². The minimum Gasteiger partial charge on any atom is -0.357 e. The maximum atomic E-state index is 6.15. The van der Waals surface area contributed by atoms with E-state index in [1.807, 2.05) is 35.1 Å². The lowest BCUT2D eigenvalue weighted by Crippen LogP contribution is -2.22. The van der Waals surface area contributed by atoms with E-state index in [1.165, 1.54) is 0 Å². The van der Waals surface area contributed by atoms with Gasteiger partial charge in [-0.25, -0.2) is 4.98 Å². The van der Waals surface area contributed by atoms with Crippen LogP contribution in [0.3, 0.4) is 0 Å². The van der Waals surface area contributed by atoms with Gasteiger partial charge in [-0.05, 0) is 25.1 Å². The van der Waals surface area contributed by atoms with Crippen molar-refractivity contribution in [2.75, 3.05) is 5.32 Å². The molecule has 3 aromatic rings. The van der Waals surface area contributed by atoms with Gasteiger partial charge >= 0.3 is 0 Å². The van der Waals surface area contributed by atoms with Crippen molar-refractivity contribution in [3.8, 4) is 0 Å². The highest BCUT2D eigenvalue weighted by molar-refractivity contribution is 7.22. The van der Waals surface area contributed by atoms with E-state index in [9.17, 15) is 0 Å². The van der Waals surface area contributed by atoms with Crippen LogP contribution in [0, 0.1) is 0 Å². The average Bonchev–Trinajstić information content (AvgIpc) is 2.98. The Labute approximate surface area is 120 Å². The molecule has 0 radical (unpaired) electrons. The molecule has 6 heteroatoms. The van der Waals surface area contributed by atoms with Crippen LogP contribution >= 0.6 is 22.9 Å². The standard InChI is InChI=1S/C13H13ClN4S/c1-9(8-18-7-3-6-15-18)16-13-17-11-5-2-4-10(14)12(11)19-13/h2-7,9H,8H2,1H3,(H,16,17). The second-order valence-electron chi connectivity index (χ2n) is 4.38. The molecule has 2 heterocycles. The van der Waals surface area contributed by atoms with Gasteiger partial charge < -0.3 is 5.32 Å². The molecule has 0 saturated heterocycles. The van der Waals surface area contributed by atoms with Crippen molar-refractivity contribution in [3.05, 3.63) is 41.7 Å². The monoisotopic (exact) mass is 292 g/mol. The summed E-state index contributed by atoms with van der Waals surface area (Å²) in [4.78, 5) is 4.54. The molecule has 1 unspecified atom stereocenters. The van der Waals surface area contributed by atoms with E-state index < -0.39 is 0 Å². The van der Waals surface area contributed by atoms with Gasteiger partial charge in [0.15, 0.2) is 5.13 Å². The van der Waals surface area contributed by atoms with Gasteiger partial charge in [0.05, 0.1) is 21.8 Å². The van der Waals surface area contributed by atoms with Crippen LogP contribution in [0.4, 0.5) is 5.13 Å². The second-order valence-corrected chi connectivity index (χ2v) is 5.79. The molecule has 98 valence electrons. The molecule has 1 N–H and O–H groups in total. The lowest BCUT2D eigenvalue weighted by Gasteiger charge is -2.12. The van der Waals surface area contributed by atoms with Gasteiger partial charge in [0.25, 0.3) is 0 Å². The zero-order valence-electron chi connectivity index (χ0n) is 10.4. The molecule has 0 spiro atoms. The van der Waals surface area contributed by atoms with Gasteiger partial charge in [-0.1, -0.05) is 29.0 Å². The Morgan fingerprint density at radius 2 is 2.32 bits per heavy atom. The lowest BCUT2D eigenvalue weighted by atomic mass is 10.3. The smallest absolute Gasteiger partial charge is 0.184 e. The number of halogens is 1. The van der Waals surface area contributed by atoms with Crippen LogP contribution in [0.2, 0.25) is 5.02 Å². The SMILES string of the molecule is CC(Cn1cccn1)Nc1nc2cccc(Cl)c2s1. The minimum absolute atomic E-state index is 0.249. The van der Waals surface area contributed by atoms with Crippen LogP contribution in [0.5, 0.6) is 0 Å². The van der Waals surface area contributed by atoms with Crippen molar-refractivity contribution in [2.24, 2.45) is 0 Å². The van der Waals surface area contributed by atoms with Crippen LogP contribution in [0.25, 0.3) is 10.2 Å². The molecular formula is C13H13ClN4S. The molecule has 4 nitrogen and oxygen atoms in total. The number of fused-ring (bicyclic) bond motifs is 1. The largest absolute Gasteiger partial charge is 0.357 e. The first-order valence-corrected chi connectivity index (χ1v) is 7.21. The summed E-state index contributed by atoms with van der Waals surface area (Å²) in [5.41, 5.74) is 0.936. The Kier molecular flexibility index (Phi) is 3.40. The highest BCUT2D eigenvalue weighted by Gasteiger charge is 2.09. The van der Waals surface area contributed by atoms with Crippen molar-refractivity contribution in [1.82, 2.24) is 14.8 Å². The molecule has 1 atom stereocenters. The quantitative estimate of drug-likeness (QED) is 0.798. The molecule has 3 rings (SSSR count).